The first kappa shape index (κ1) is 17.9. The van der Waals surface area contributed by atoms with Gasteiger partial charge in [0, 0.05) is 29.5 Å². The molecule has 1 spiro atoms. The van der Waals surface area contributed by atoms with Crippen LogP contribution < -0.4 is 0 Å². The van der Waals surface area contributed by atoms with E-state index >= 15 is 0 Å². The normalized spacial score (nSPS) is 31.2. The molecule has 5 nitrogen and oxygen atoms in total. The third-order valence-electron chi connectivity index (χ3n) is 7.05. The summed E-state index contributed by atoms with van der Waals surface area (Å²) in [5.41, 5.74) is 3.62. The number of aromatic nitrogens is 3. The molecule has 2 fully saturated rings. The summed E-state index contributed by atoms with van der Waals surface area (Å²) in [5.74, 6) is 0.0947. The van der Waals surface area contributed by atoms with Gasteiger partial charge in [-0.25, -0.2) is 9.50 Å². The quantitative estimate of drug-likeness (QED) is 0.711. The Hall–Kier alpha value is -1.46. The van der Waals surface area contributed by atoms with Crippen molar-refractivity contribution < 1.29 is 9.47 Å². The van der Waals surface area contributed by atoms with Gasteiger partial charge in [0.2, 0.25) is 0 Å². The molecule has 1 saturated carbocycles. The van der Waals surface area contributed by atoms with Crippen LogP contribution in [0.4, 0.5) is 0 Å². The molecule has 2 atom stereocenters. The maximum absolute atomic E-state index is 6.18. The maximum atomic E-state index is 6.18. The number of hydrogen-bond donors (Lipinski definition) is 0. The van der Waals surface area contributed by atoms with E-state index in [0.717, 1.165) is 44.5 Å². The highest BCUT2D eigenvalue weighted by atomic mass is 16.7. The van der Waals surface area contributed by atoms with Crippen molar-refractivity contribution in [1.29, 1.82) is 0 Å². The zero-order chi connectivity index (χ0) is 18.6. The standard InChI is InChI=1S/C19H25N3O2.C2H6/c1-17(2)14-5-4-13-12-22-15(6-9-20-22)21-16(13)18(14,3)7-8-19(17)23-10-11-24-19;1-2/h6,9,12,14H,4-5,7-8,10-11H2,1-3H3;1-2H3. The fourth-order valence-corrected chi connectivity index (χ4v) is 5.78. The predicted octanol–water partition coefficient (Wildman–Crippen LogP) is 4.14. The largest absolute Gasteiger partial charge is 0.347 e. The van der Waals surface area contributed by atoms with E-state index in [1.54, 1.807) is 0 Å². The second kappa shape index (κ2) is 6.03. The van der Waals surface area contributed by atoms with Crippen LogP contribution in [-0.2, 0) is 21.3 Å². The summed E-state index contributed by atoms with van der Waals surface area (Å²) in [6, 6.07) is 1.99. The molecule has 0 radical (unpaired) electrons. The van der Waals surface area contributed by atoms with Crippen molar-refractivity contribution in [3.63, 3.8) is 0 Å². The minimum absolute atomic E-state index is 0.0256. The number of fused-ring (bicyclic) bond motifs is 4. The summed E-state index contributed by atoms with van der Waals surface area (Å²) in [4.78, 5) is 5.03. The average molecular weight is 357 g/mol. The molecule has 3 heterocycles. The summed E-state index contributed by atoms with van der Waals surface area (Å²) in [6.07, 6.45) is 8.22. The fourth-order valence-electron chi connectivity index (χ4n) is 5.78. The smallest absolute Gasteiger partial charge is 0.173 e. The predicted molar refractivity (Wildman–Crippen MR) is 101 cm³/mol. The fraction of sp³-hybridized carbons (Fsp3) is 0.714. The van der Waals surface area contributed by atoms with E-state index in [1.165, 1.54) is 11.3 Å². The van der Waals surface area contributed by atoms with Crippen LogP contribution >= 0.6 is 0 Å². The molecule has 1 aliphatic heterocycles. The molecule has 0 aromatic carbocycles. The topological polar surface area (TPSA) is 48.7 Å². The molecule has 5 rings (SSSR count). The lowest BCUT2D eigenvalue weighted by Gasteiger charge is -2.59. The van der Waals surface area contributed by atoms with Gasteiger partial charge in [0.05, 0.1) is 25.1 Å². The SMILES string of the molecule is CC.CC12CCC3(OCCO3)C(C)(C)C1CCc1cn3nccc3nc12. The number of aryl methyl sites for hydroxylation is 1. The van der Waals surface area contributed by atoms with Crippen molar-refractivity contribution >= 4 is 5.65 Å². The van der Waals surface area contributed by atoms with Gasteiger partial charge in [0.1, 0.15) is 0 Å². The Morgan fingerprint density at radius 2 is 1.85 bits per heavy atom. The molecule has 2 unspecified atom stereocenters. The highest BCUT2D eigenvalue weighted by molar-refractivity contribution is 5.43. The molecule has 26 heavy (non-hydrogen) atoms. The van der Waals surface area contributed by atoms with E-state index in [0.29, 0.717) is 5.92 Å². The minimum atomic E-state index is -0.407. The molecule has 0 amide bonds. The summed E-state index contributed by atoms with van der Waals surface area (Å²) >= 11 is 0. The zero-order valence-electron chi connectivity index (χ0n) is 16.7. The van der Waals surface area contributed by atoms with Gasteiger partial charge in [-0.2, -0.15) is 5.10 Å². The molecule has 0 bridgehead atoms. The number of hydrogen-bond acceptors (Lipinski definition) is 4. The third kappa shape index (κ3) is 2.23. The van der Waals surface area contributed by atoms with E-state index in [1.807, 2.05) is 30.6 Å². The maximum Gasteiger partial charge on any atom is 0.173 e. The molecule has 1 saturated heterocycles. The molecule has 2 aromatic heterocycles. The van der Waals surface area contributed by atoms with Gasteiger partial charge in [0.25, 0.3) is 0 Å². The van der Waals surface area contributed by atoms with Gasteiger partial charge >= 0.3 is 0 Å². The van der Waals surface area contributed by atoms with Crippen molar-refractivity contribution in [3.05, 3.63) is 29.7 Å². The second-order valence-electron chi connectivity index (χ2n) is 8.43. The first-order valence-corrected chi connectivity index (χ1v) is 10.1. The van der Waals surface area contributed by atoms with Gasteiger partial charge in [0.15, 0.2) is 11.4 Å². The van der Waals surface area contributed by atoms with Crippen LogP contribution in [0.5, 0.6) is 0 Å². The molecule has 2 aromatic rings. The van der Waals surface area contributed by atoms with E-state index < -0.39 is 5.79 Å². The Morgan fingerprint density at radius 1 is 1.12 bits per heavy atom. The van der Waals surface area contributed by atoms with Crippen LogP contribution in [0.2, 0.25) is 0 Å². The van der Waals surface area contributed by atoms with Gasteiger partial charge in [-0.3, -0.25) is 0 Å². The molecular weight excluding hydrogens is 326 g/mol. The highest BCUT2D eigenvalue weighted by Gasteiger charge is 2.63. The summed E-state index contributed by atoms with van der Waals surface area (Å²) in [6.45, 7) is 12.5. The zero-order valence-corrected chi connectivity index (χ0v) is 16.7. The first-order chi connectivity index (χ1) is 12.5. The first-order valence-electron chi connectivity index (χ1n) is 10.1. The van der Waals surface area contributed by atoms with Crippen LogP contribution in [0.15, 0.2) is 18.5 Å². The number of nitrogens with zero attached hydrogens (tertiary/aromatic N) is 3. The Balaban J connectivity index is 0.000000814. The van der Waals surface area contributed by atoms with Crippen LogP contribution in [0.1, 0.15) is 65.1 Å². The Morgan fingerprint density at radius 3 is 2.58 bits per heavy atom. The lowest BCUT2D eigenvalue weighted by atomic mass is 9.49. The van der Waals surface area contributed by atoms with Gasteiger partial charge < -0.3 is 9.47 Å². The van der Waals surface area contributed by atoms with Crippen LogP contribution in [0.25, 0.3) is 5.65 Å². The highest BCUT2D eigenvalue weighted by Crippen LogP contribution is 2.62. The lowest BCUT2D eigenvalue weighted by molar-refractivity contribution is -0.276. The third-order valence-corrected chi connectivity index (χ3v) is 7.05. The Kier molecular flexibility index (Phi) is 4.16. The van der Waals surface area contributed by atoms with Crippen molar-refractivity contribution in [2.45, 2.75) is 71.5 Å². The van der Waals surface area contributed by atoms with E-state index in [-0.39, 0.29) is 10.8 Å². The average Bonchev–Trinajstić information content (AvgIpc) is 3.29. The van der Waals surface area contributed by atoms with Crippen LogP contribution in [0, 0.1) is 11.3 Å². The van der Waals surface area contributed by atoms with Gasteiger partial charge in [-0.15, -0.1) is 0 Å². The van der Waals surface area contributed by atoms with E-state index in [9.17, 15) is 0 Å². The molecule has 2 aliphatic carbocycles. The minimum Gasteiger partial charge on any atom is -0.347 e. The molecule has 0 N–H and O–H groups in total. The lowest BCUT2D eigenvalue weighted by Crippen LogP contribution is -2.61. The summed E-state index contributed by atoms with van der Waals surface area (Å²) < 4.78 is 14.3. The van der Waals surface area contributed by atoms with Crippen LogP contribution in [-0.4, -0.2) is 33.6 Å². The number of ether oxygens (including phenoxy) is 2. The van der Waals surface area contributed by atoms with E-state index in [4.69, 9.17) is 14.5 Å². The second-order valence-corrected chi connectivity index (χ2v) is 8.43. The summed E-state index contributed by atoms with van der Waals surface area (Å²) in [5, 5.41) is 4.35. The van der Waals surface area contributed by atoms with Crippen molar-refractivity contribution in [3.8, 4) is 0 Å². The van der Waals surface area contributed by atoms with E-state index in [2.05, 4.69) is 32.1 Å². The van der Waals surface area contributed by atoms with Crippen molar-refractivity contribution in [2.24, 2.45) is 11.3 Å². The van der Waals surface area contributed by atoms with Crippen molar-refractivity contribution in [1.82, 2.24) is 14.6 Å². The molecular formula is C21H31N3O2. The molecule has 5 heteroatoms. The molecule has 142 valence electrons. The monoisotopic (exact) mass is 357 g/mol. The Bertz CT molecular complexity index is 807. The van der Waals surface area contributed by atoms with Crippen LogP contribution in [0.3, 0.4) is 0 Å². The van der Waals surface area contributed by atoms with Gasteiger partial charge in [-0.05, 0) is 30.7 Å². The molecule has 3 aliphatic rings. The Labute approximate surface area is 156 Å². The van der Waals surface area contributed by atoms with Gasteiger partial charge in [-0.1, -0.05) is 34.6 Å². The summed E-state index contributed by atoms with van der Waals surface area (Å²) in [7, 11) is 0. The number of rotatable bonds is 0. The van der Waals surface area contributed by atoms with Crippen molar-refractivity contribution in [2.75, 3.05) is 13.2 Å².